The van der Waals surface area contributed by atoms with Crippen LogP contribution in [0.15, 0.2) is 42.5 Å². The molecule has 2 aromatic rings. The van der Waals surface area contributed by atoms with Crippen molar-refractivity contribution in [2.45, 2.75) is 26.0 Å². The standard InChI is InChI=1S/C17H20N2O2/c1-11-6-5-7-13(12(11)2)17(19-18)16-10-20-14-8-3-4-9-15(14)21-16/h3-9,16-17,19H,10,18H2,1-2H3. The van der Waals surface area contributed by atoms with Crippen molar-refractivity contribution in [3.63, 3.8) is 0 Å². The number of aryl methyl sites for hydroxylation is 1. The SMILES string of the molecule is Cc1cccc(C(NN)C2COc3ccccc3O2)c1C. The topological polar surface area (TPSA) is 56.5 Å². The number of hydrazine groups is 1. The van der Waals surface area contributed by atoms with E-state index in [1.165, 1.54) is 11.1 Å². The Morgan fingerprint density at radius 1 is 1.10 bits per heavy atom. The third-order valence-electron chi connectivity index (χ3n) is 4.06. The second kappa shape index (κ2) is 5.76. The number of nitrogens with one attached hydrogen (secondary N) is 1. The van der Waals surface area contributed by atoms with Crippen LogP contribution in [0, 0.1) is 13.8 Å². The van der Waals surface area contributed by atoms with Crippen LogP contribution in [-0.4, -0.2) is 12.7 Å². The first-order chi connectivity index (χ1) is 10.2. The molecule has 0 bridgehead atoms. The Labute approximate surface area is 124 Å². The first-order valence-electron chi connectivity index (χ1n) is 7.11. The van der Waals surface area contributed by atoms with Crippen LogP contribution in [-0.2, 0) is 0 Å². The summed E-state index contributed by atoms with van der Waals surface area (Å²) in [5.74, 6) is 7.34. The van der Waals surface area contributed by atoms with Crippen LogP contribution in [0.1, 0.15) is 22.7 Å². The first kappa shape index (κ1) is 13.9. The quantitative estimate of drug-likeness (QED) is 0.672. The minimum atomic E-state index is -0.162. The molecule has 0 fully saturated rings. The van der Waals surface area contributed by atoms with E-state index < -0.39 is 0 Å². The van der Waals surface area contributed by atoms with Crippen LogP contribution in [0.4, 0.5) is 0 Å². The predicted molar refractivity (Wildman–Crippen MR) is 82.3 cm³/mol. The summed E-state index contributed by atoms with van der Waals surface area (Å²) in [5, 5.41) is 0. The highest BCUT2D eigenvalue weighted by molar-refractivity contribution is 5.42. The molecule has 0 spiro atoms. The Morgan fingerprint density at radius 3 is 2.62 bits per heavy atom. The lowest BCUT2D eigenvalue weighted by atomic mass is 9.94. The van der Waals surface area contributed by atoms with E-state index in [0.29, 0.717) is 6.61 Å². The van der Waals surface area contributed by atoms with Crippen molar-refractivity contribution >= 4 is 0 Å². The van der Waals surface area contributed by atoms with Crippen molar-refractivity contribution in [1.29, 1.82) is 0 Å². The normalized spacial score (nSPS) is 18.3. The Kier molecular flexibility index (Phi) is 3.82. The van der Waals surface area contributed by atoms with E-state index in [4.69, 9.17) is 15.3 Å². The van der Waals surface area contributed by atoms with Crippen molar-refractivity contribution in [3.05, 3.63) is 59.2 Å². The highest BCUT2D eigenvalue weighted by Crippen LogP contribution is 2.35. The van der Waals surface area contributed by atoms with E-state index in [2.05, 4.69) is 31.4 Å². The molecule has 0 saturated carbocycles. The minimum Gasteiger partial charge on any atom is -0.486 e. The van der Waals surface area contributed by atoms with Gasteiger partial charge in [0.25, 0.3) is 0 Å². The van der Waals surface area contributed by atoms with Crippen LogP contribution in [0.3, 0.4) is 0 Å². The van der Waals surface area contributed by atoms with Crippen LogP contribution in [0.2, 0.25) is 0 Å². The van der Waals surface area contributed by atoms with Gasteiger partial charge in [-0.05, 0) is 42.7 Å². The molecule has 0 radical (unpaired) electrons. The summed E-state index contributed by atoms with van der Waals surface area (Å²) in [6.45, 7) is 4.67. The Balaban J connectivity index is 1.90. The molecule has 0 aliphatic carbocycles. The summed E-state index contributed by atoms with van der Waals surface area (Å²) < 4.78 is 11.9. The summed E-state index contributed by atoms with van der Waals surface area (Å²) in [4.78, 5) is 0. The number of rotatable bonds is 3. The van der Waals surface area contributed by atoms with Gasteiger partial charge in [0.05, 0.1) is 6.04 Å². The van der Waals surface area contributed by atoms with Gasteiger partial charge < -0.3 is 9.47 Å². The van der Waals surface area contributed by atoms with Gasteiger partial charge in [0.1, 0.15) is 6.61 Å². The second-order valence-corrected chi connectivity index (χ2v) is 5.35. The number of fused-ring (bicyclic) bond motifs is 1. The molecular weight excluding hydrogens is 264 g/mol. The predicted octanol–water partition coefficient (Wildman–Crippen LogP) is 2.65. The molecule has 0 aromatic heterocycles. The smallest absolute Gasteiger partial charge is 0.161 e. The fourth-order valence-electron chi connectivity index (χ4n) is 2.71. The molecule has 1 heterocycles. The van der Waals surface area contributed by atoms with E-state index in [9.17, 15) is 0 Å². The fraction of sp³-hybridized carbons (Fsp3) is 0.294. The average Bonchev–Trinajstić information content (AvgIpc) is 2.52. The summed E-state index contributed by atoms with van der Waals surface area (Å²) in [5.41, 5.74) is 6.49. The molecule has 2 aromatic carbocycles. The van der Waals surface area contributed by atoms with Crippen molar-refractivity contribution < 1.29 is 9.47 Å². The largest absolute Gasteiger partial charge is 0.486 e. The molecule has 1 aliphatic rings. The van der Waals surface area contributed by atoms with Crippen LogP contribution >= 0.6 is 0 Å². The first-order valence-corrected chi connectivity index (χ1v) is 7.11. The van der Waals surface area contributed by atoms with E-state index in [-0.39, 0.29) is 12.1 Å². The summed E-state index contributed by atoms with van der Waals surface area (Å²) in [6, 6.07) is 13.8. The van der Waals surface area contributed by atoms with Crippen LogP contribution in [0.5, 0.6) is 11.5 Å². The van der Waals surface area contributed by atoms with Gasteiger partial charge in [-0.2, -0.15) is 0 Å². The lowest BCUT2D eigenvalue weighted by molar-refractivity contribution is 0.0615. The second-order valence-electron chi connectivity index (χ2n) is 5.35. The Bertz CT molecular complexity index is 642. The third-order valence-corrected chi connectivity index (χ3v) is 4.06. The van der Waals surface area contributed by atoms with Gasteiger partial charge in [-0.25, -0.2) is 5.43 Å². The average molecular weight is 284 g/mol. The minimum absolute atomic E-state index is 0.113. The zero-order valence-electron chi connectivity index (χ0n) is 12.3. The highest BCUT2D eigenvalue weighted by atomic mass is 16.6. The molecule has 4 nitrogen and oxygen atoms in total. The van der Waals surface area contributed by atoms with E-state index in [1.54, 1.807) is 0 Å². The molecular formula is C17H20N2O2. The summed E-state index contributed by atoms with van der Waals surface area (Å²) in [7, 11) is 0. The zero-order valence-corrected chi connectivity index (χ0v) is 12.3. The number of nitrogens with two attached hydrogens (primary N) is 1. The maximum atomic E-state index is 6.07. The van der Waals surface area contributed by atoms with Gasteiger partial charge >= 0.3 is 0 Å². The number of benzene rings is 2. The highest BCUT2D eigenvalue weighted by Gasteiger charge is 2.30. The van der Waals surface area contributed by atoms with Crippen molar-refractivity contribution in [2.24, 2.45) is 5.84 Å². The lowest BCUT2D eigenvalue weighted by Gasteiger charge is -2.32. The molecule has 110 valence electrons. The molecule has 3 rings (SSSR count). The number of ether oxygens (including phenoxy) is 2. The lowest BCUT2D eigenvalue weighted by Crippen LogP contribution is -2.44. The van der Waals surface area contributed by atoms with Gasteiger partial charge in [-0.3, -0.25) is 5.84 Å². The van der Waals surface area contributed by atoms with Gasteiger partial charge in [-0.1, -0.05) is 30.3 Å². The maximum absolute atomic E-state index is 6.07. The van der Waals surface area contributed by atoms with Gasteiger partial charge in [-0.15, -0.1) is 0 Å². The van der Waals surface area contributed by atoms with Crippen molar-refractivity contribution in [3.8, 4) is 11.5 Å². The molecule has 0 amide bonds. The van der Waals surface area contributed by atoms with Gasteiger partial charge in [0.15, 0.2) is 17.6 Å². The van der Waals surface area contributed by atoms with E-state index >= 15 is 0 Å². The molecule has 3 N–H and O–H groups in total. The third kappa shape index (κ3) is 2.60. The number of hydrogen-bond acceptors (Lipinski definition) is 4. The fourth-order valence-corrected chi connectivity index (χ4v) is 2.71. The maximum Gasteiger partial charge on any atom is 0.161 e. The Morgan fingerprint density at radius 2 is 1.86 bits per heavy atom. The van der Waals surface area contributed by atoms with Crippen LogP contribution < -0.4 is 20.7 Å². The Hall–Kier alpha value is -2.04. The summed E-state index contributed by atoms with van der Waals surface area (Å²) >= 11 is 0. The van der Waals surface area contributed by atoms with Crippen LogP contribution in [0.25, 0.3) is 0 Å². The van der Waals surface area contributed by atoms with E-state index in [1.807, 2.05) is 30.3 Å². The molecule has 1 aliphatic heterocycles. The molecule has 21 heavy (non-hydrogen) atoms. The summed E-state index contributed by atoms with van der Waals surface area (Å²) in [6.07, 6.45) is -0.162. The van der Waals surface area contributed by atoms with Crippen molar-refractivity contribution in [2.75, 3.05) is 6.61 Å². The number of para-hydroxylation sites is 2. The van der Waals surface area contributed by atoms with Gasteiger partial charge in [0.2, 0.25) is 0 Å². The van der Waals surface area contributed by atoms with Gasteiger partial charge in [0, 0.05) is 0 Å². The number of hydrogen-bond donors (Lipinski definition) is 2. The monoisotopic (exact) mass is 284 g/mol. The molecule has 4 heteroatoms. The molecule has 0 saturated heterocycles. The molecule has 2 unspecified atom stereocenters. The van der Waals surface area contributed by atoms with Crippen molar-refractivity contribution in [1.82, 2.24) is 5.43 Å². The molecule has 2 atom stereocenters. The zero-order chi connectivity index (χ0) is 14.8. The van der Waals surface area contributed by atoms with E-state index in [0.717, 1.165) is 17.1 Å².